The van der Waals surface area contributed by atoms with Gasteiger partial charge in [-0.15, -0.1) is 0 Å². The van der Waals surface area contributed by atoms with Gasteiger partial charge in [-0.1, -0.05) is 75.3 Å². The summed E-state index contributed by atoms with van der Waals surface area (Å²) < 4.78 is 5.85. The predicted octanol–water partition coefficient (Wildman–Crippen LogP) is 4.69. The van der Waals surface area contributed by atoms with E-state index in [9.17, 15) is 0 Å². The summed E-state index contributed by atoms with van der Waals surface area (Å²) in [6.07, 6.45) is 4.59. The van der Waals surface area contributed by atoms with E-state index in [1.807, 2.05) is 0 Å². The van der Waals surface area contributed by atoms with Crippen LogP contribution in [0, 0.1) is 5.92 Å². The Hall–Kier alpha value is -0.643. The molecule has 3 atom stereocenters. The van der Waals surface area contributed by atoms with Crippen molar-refractivity contribution in [2.45, 2.75) is 78.3 Å². The van der Waals surface area contributed by atoms with Crippen molar-refractivity contribution in [3.63, 3.8) is 0 Å². The van der Waals surface area contributed by atoms with Crippen LogP contribution in [0.4, 0.5) is 0 Å². The maximum absolute atomic E-state index is 5.85. The summed E-state index contributed by atoms with van der Waals surface area (Å²) in [6.45, 7) is 17.4. The molecule has 1 aliphatic heterocycles. The van der Waals surface area contributed by atoms with E-state index in [2.05, 4.69) is 70.0 Å². The molecule has 0 amide bonds. The van der Waals surface area contributed by atoms with E-state index in [0.29, 0.717) is 18.1 Å². The van der Waals surface area contributed by atoms with Gasteiger partial charge in [0.15, 0.2) is 0 Å². The van der Waals surface area contributed by atoms with Gasteiger partial charge in [0.1, 0.15) is 0 Å². The maximum Gasteiger partial charge on any atom is 0.0806 e. The van der Waals surface area contributed by atoms with Gasteiger partial charge in [-0.2, -0.15) is 0 Å². The number of benzene rings is 1. The molecule has 0 spiro atoms. The number of hydrogen-bond donors (Lipinski definition) is 0. The molecule has 0 aliphatic carbocycles. The highest BCUT2D eigenvalue weighted by Crippen LogP contribution is 2.17. The molecule has 0 radical (unpaired) electrons. The van der Waals surface area contributed by atoms with Crippen LogP contribution in [0.2, 0.25) is 19.1 Å². The van der Waals surface area contributed by atoms with Gasteiger partial charge in [0, 0.05) is 19.6 Å². The van der Waals surface area contributed by atoms with Crippen LogP contribution in [0.5, 0.6) is 0 Å². The first-order chi connectivity index (χ1) is 11.8. The second kappa shape index (κ2) is 9.34. The van der Waals surface area contributed by atoms with Gasteiger partial charge in [0.25, 0.3) is 0 Å². The number of rotatable bonds is 8. The Morgan fingerprint density at radius 3 is 2.28 bits per heavy atom. The average molecular weight is 362 g/mol. The van der Waals surface area contributed by atoms with Gasteiger partial charge in [-0.25, -0.2) is 0 Å². The largest absolute Gasteiger partial charge is 0.373 e. The zero-order chi connectivity index (χ0) is 18.4. The smallest absolute Gasteiger partial charge is 0.0806 e. The Kier molecular flexibility index (Phi) is 7.72. The van der Waals surface area contributed by atoms with Crippen molar-refractivity contribution in [1.82, 2.24) is 4.90 Å². The Morgan fingerprint density at radius 1 is 1.12 bits per heavy atom. The lowest BCUT2D eigenvalue weighted by Crippen LogP contribution is -2.47. The lowest BCUT2D eigenvalue weighted by Gasteiger charge is -2.36. The molecule has 142 valence electrons. The molecule has 0 bridgehead atoms. The first-order valence-electron chi connectivity index (χ1n) is 10.3. The zero-order valence-corrected chi connectivity index (χ0v) is 18.3. The molecule has 1 saturated heterocycles. The first kappa shape index (κ1) is 20.7. The molecule has 1 unspecified atom stereocenters. The van der Waals surface area contributed by atoms with Crippen molar-refractivity contribution in [1.29, 1.82) is 0 Å². The molecule has 25 heavy (non-hydrogen) atoms. The minimum Gasteiger partial charge on any atom is -0.373 e. The lowest BCUT2D eigenvalue weighted by molar-refractivity contribution is -0.0708. The van der Waals surface area contributed by atoms with Crippen molar-refractivity contribution >= 4 is 13.3 Å². The van der Waals surface area contributed by atoms with Crippen LogP contribution in [-0.2, 0) is 11.2 Å². The molecule has 1 aliphatic rings. The minimum absolute atomic E-state index is 0.366. The summed E-state index contributed by atoms with van der Waals surface area (Å²) in [5, 5.41) is 1.62. The van der Waals surface area contributed by atoms with Crippen molar-refractivity contribution in [2.75, 3.05) is 19.6 Å². The van der Waals surface area contributed by atoms with E-state index in [0.717, 1.165) is 13.1 Å². The molecule has 3 heteroatoms. The SMILES string of the molecule is CCCC[Si](C)(C)c1ccc(CC(C)CN2C[C@@H](C)O[C@@H](C)C2)cc1. The van der Waals surface area contributed by atoms with E-state index in [1.165, 1.54) is 37.4 Å². The van der Waals surface area contributed by atoms with E-state index < -0.39 is 8.07 Å². The lowest BCUT2D eigenvalue weighted by atomic mass is 10.00. The van der Waals surface area contributed by atoms with Crippen molar-refractivity contribution < 1.29 is 4.74 Å². The molecule has 0 saturated carbocycles. The molecular weight excluding hydrogens is 322 g/mol. The van der Waals surface area contributed by atoms with E-state index in [4.69, 9.17) is 4.74 Å². The molecule has 1 fully saturated rings. The molecule has 1 aromatic carbocycles. The van der Waals surface area contributed by atoms with Crippen molar-refractivity contribution in [2.24, 2.45) is 5.92 Å². The fraction of sp³-hybridized carbons (Fsp3) is 0.727. The summed E-state index contributed by atoms with van der Waals surface area (Å²) in [7, 11) is -1.24. The quantitative estimate of drug-likeness (QED) is 0.623. The minimum atomic E-state index is -1.24. The number of ether oxygens (including phenoxy) is 1. The summed E-state index contributed by atoms with van der Waals surface area (Å²) in [6, 6.07) is 11.0. The number of nitrogens with zero attached hydrogens (tertiary/aromatic N) is 1. The third-order valence-electron chi connectivity index (χ3n) is 5.54. The second-order valence-electron chi connectivity index (χ2n) is 8.97. The molecule has 1 heterocycles. The van der Waals surface area contributed by atoms with Crippen molar-refractivity contribution in [3.05, 3.63) is 29.8 Å². The third kappa shape index (κ3) is 6.54. The van der Waals surface area contributed by atoms with Gasteiger partial charge >= 0.3 is 0 Å². The van der Waals surface area contributed by atoms with Crippen LogP contribution in [0.25, 0.3) is 0 Å². The predicted molar refractivity (Wildman–Crippen MR) is 113 cm³/mol. The highest BCUT2D eigenvalue weighted by atomic mass is 28.3. The summed E-state index contributed by atoms with van der Waals surface area (Å²) in [4.78, 5) is 2.58. The third-order valence-corrected chi connectivity index (χ3v) is 9.04. The van der Waals surface area contributed by atoms with Crippen LogP contribution in [0.3, 0.4) is 0 Å². The Morgan fingerprint density at radius 2 is 1.72 bits per heavy atom. The molecule has 0 N–H and O–H groups in total. The fourth-order valence-electron chi connectivity index (χ4n) is 4.20. The number of morpholine rings is 1. The monoisotopic (exact) mass is 361 g/mol. The zero-order valence-electron chi connectivity index (χ0n) is 17.3. The van der Waals surface area contributed by atoms with Crippen LogP contribution in [0.15, 0.2) is 24.3 Å². The van der Waals surface area contributed by atoms with Crippen LogP contribution in [-0.4, -0.2) is 44.8 Å². The van der Waals surface area contributed by atoms with E-state index in [1.54, 1.807) is 5.19 Å². The molecule has 2 rings (SSSR count). The number of hydrogen-bond acceptors (Lipinski definition) is 2. The standard InChI is InChI=1S/C22H39NOSi/c1-7-8-13-25(5,6)22-11-9-21(10-12-22)14-18(2)15-23-16-19(3)24-20(4)17-23/h9-12,18-20H,7-8,13-17H2,1-6H3/t18?,19-,20+. The average Bonchev–Trinajstić information content (AvgIpc) is 2.52. The number of unbranched alkanes of at least 4 members (excludes halogenated alkanes) is 1. The van der Waals surface area contributed by atoms with Gasteiger partial charge in [-0.3, -0.25) is 4.90 Å². The molecule has 2 nitrogen and oxygen atoms in total. The Balaban J connectivity index is 1.87. The van der Waals surface area contributed by atoms with Crippen LogP contribution >= 0.6 is 0 Å². The van der Waals surface area contributed by atoms with Crippen molar-refractivity contribution in [3.8, 4) is 0 Å². The van der Waals surface area contributed by atoms with Gasteiger partial charge in [0.2, 0.25) is 0 Å². The summed E-state index contributed by atoms with van der Waals surface area (Å²) in [5.41, 5.74) is 1.49. The van der Waals surface area contributed by atoms with Gasteiger partial charge in [0.05, 0.1) is 20.3 Å². The fourth-order valence-corrected chi connectivity index (χ4v) is 6.79. The molecular formula is C22H39NOSi. The highest BCUT2D eigenvalue weighted by molar-refractivity contribution is 6.89. The van der Waals surface area contributed by atoms with E-state index in [-0.39, 0.29) is 0 Å². The highest BCUT2D eigenvalue weighted by Gasteiger charge is 2.24. The molecule has 0 aromatic heterocycles. The normalized spacial score (nSPS) is 23.6. The topological polar surface area (TPSA) is 12.5 Å². The van der Waals surface area contributed by atoms with Gasteiger partial charge in [-0.05, 0) is 31.7 Å². The summed E-state index contributed by atoms with van der Waals surface area (Å²) in [5.74, 6) is 0.689. The van der Waals surface area contributed by atoms with Gasteiger partial charge < -0.3 is 4.74 Å². The van der Waals surface area contributed by atoms with E-state index >= 15 is 0 Å². The second-order valence-corrected chi connectivity index (χ2v) is 13.8. The Bertz CT molecular complexity index is 503. The van der Waals surface area contributed by atoms with Crippen LogP contribution < -0.4 is 5.19 Å². The summed E-state index contributed by atoms with van der Waals surface area (Å²) >= 11 is 0. The maximum atomic E-state index is 5.85. The Labute approximate surface area is 157 Å². The molecule has 1 aromatic rings. The van der Waals surface area contributed by atoms with Crippen LogP contribution in [0.1, 0.15) is 46.1 Å². The first-order valence-corrected chi connectivity index (χ1v) is 13.5.